The van der Waals surface area contributed by atoms with Crippen LogP contribution in [0.1, 0.15) is 0 Å². The van der Waals surface area contributed by atoms with Crippen LogP contribution in [-0.4, -0.2) is 13.4 Å². The second-order valence-corrected chi connectivity index (χ2v) is 2.66. The van der Waals surface area contributed by atoms with E-state index in [0.29, 0.717) is 0 Å². The van der Waals surface area contributed by atoms with E-state index in [0.717, 1.165) is 0 Å². The number of nitrogens with two attached hydrogens (primary N) is 1. The van der Waals surface area contributed by atoms with Gasteiger partial charge in [0.05, 0.1) is 0 Å². The first kappa shape index (κ1) is 7.01. The summed E-state index contributed by atoms with van der Waals surface area (Å²) in [7, 11) is -2.60. The van der Waals surface area contributed by atoms with Gasteiger partial charge in [0.2, 0.25) is 0 Å². The van der Waals surface area contributed by atoms with E-state index in [1.807, 2.05) is 0 Å². The van der Waals surface area contributed by atoms with E-state index in [4.69, 9.17) is 5.73 Å². The molecule has 5 heteroatoms. The minimum absolute atomic E-state index is 0.0543. The van der Waals surface area contributed by atoms with Crippen LogP contribution < -0.4 is 5.73 Å². The molecule has 0 saturated carbocycles. The van der Waals surface area contributed by atoms with Crippen LogP contribution in [0.3, 0.4) is 0 Å². The molecule has 0 spiro atoms. The number of anilines is 1. The molecule has 1 rings (SSSR count). The molecule has 1 heterocycles. The van der Waals surface area contributed by atoms with Gasteiger partial charge in [-0.25, -0.2) is 13.4 Å². The van der Waals surface area contributed by atoms with E-state index in [1.165, 1.54) is 18.3 Å². The fourth-order valence-electron chi connectivity index (χ4n) is 0.563. The van der Waals surface area contributed by atoms with Crippen LogP contribution in [0.5, 0.6) is 0 Å². The summed E-state index contributed by atoms with van der Waals surface area (Å²) in [5, 5.41) is 0. The van der Waals surface area contributed by atoms with Gasteiger partial charge in [0, 0.05) is 6.20 Å². The molecule has 4 nitrogen and oxygen atoms in total. The predicted octanol–water partition coefficient (Wildman–Crippen LogP) is -0.366. The summed E-state index contributed by atoms with van der Waals surface area (Å²) in [5.74, 6) is 0.0543. The highest BCUT2D eigenvalue weighted by Crippen LogP contribution is 2.06. The summed E-state index contributed by atoms with van der Waals surface area (Å²) >= 11 is 0. The third kappa shape index (κ3) is 1.24. The average molecular weight is 158 g/mol. The summed E-state index contributed by atoms with van der Waals surface area (Å²) in [5.41, 5.74) is 5.23. The van der Waals surface area contributed by atoms with Crippen molar-refractivity contribution in [1.29, 1.82) is 0 Å². The Morgan fingerprint density at radius 3 is 2.60 bits per heavy atom. The molecule has 0 amide bonds. The van der Waals surface area contributed by atoms with E-state index in [9.17, 15) is 8.42 Å². The molecule has 0 unspecified atom stereocenters. The highest BCUT2D eigenvalue weighted by atomic mass is 32.2. The van der Waals surface area contributed by atoms with Crippen LogP contribution in [0.15, 0.2) is 23.2 Å². The van der Waals surface area contributed by atoms with Gasteiger partial charge in [-0.15, -0.1) is 0 Å². The highest BCUT2D eigenvalue weighted by molar-refractivity contribution is 7.72. The standard InChI is InChI=1S/C5H6N2O2S/c6-5-4(10(8)9)2-1-3-7-5/h1-3,10H,(H2,6,7). The van der Waals surface area contributed by atoms with E-state index in [1.54, 1.807) is 0 Å². The van der Waals surface area contributed by atoms with Crippen LogP contribution in [0.25, 0.3) is 0 Å². The van der Waals surface area contributed by atoms with Crippen molar-refractivity contribution in [2.24, 2.45) is 0 Å². The lowest BCUT2D eigenvalue weighted by atomic mass is 10.5. The van der Waals surface area contributed by atoms with E-state index in [2.05, 4.69) is 4.98 Å². The number of hydrogen-bond acceptors (Lipinski definition) is 4. The third-order valence-corrected chi connectivity index (χ3v) is 1.78. The Morgan fingerprint density at radius 2 is 2.20 bits per heavy atom. The number of aromatic nitrogens is 1. The Hall–Kier alpha value is -1.10. The maximum atomic E-state index is 10.3. The molecule has 0 fully saturated rings. The number of thiol groups is 1. The molecular weight excluding hydrogens is 152 g/mol. The Kier molecular flexibility index (Phi) is 1.86. The molecule has 0 saturated heterocycles. The largest absolute Gasteiger partial charge is 0.383 e. The first-order valence-electron chi connectivity index (χ1n) is 2.56. The number of hydrogen-bond donors (Lipinski definition) is 2. The number of pyridine rings is 1. The molecular formula is C5H6N2O2S. The predicted molar refractivity (Wildman–Crippen MR) is 37.2 cm³/mol. The average Bonchev–Trinajstić information content (AvgIpc) is 1.88. The second-order valence-electron chi connectivity index (χ2n) is 1.66. The molecule has 54 valence electrons. The normalized spacial score (nSPS) is 10.1. The summed E-state index contributed by atoms with van der Waals surface area (Å²) in [6.45, 7) is 0. The van der Waals surface area contributed by atoms with Gasteiger partial charge in [0.1, 0.15) is 10.7 Å². The smallest absolute Gasteiger partial charge is 0.171 e. The van der Waals surface area contributed by atoms with Crippen molar-refractivity contribution < 1.29 is 8.42 Å². The van der Waals surface area contributed by atoms with Crippen molar-refractivity contribution in [3.05, 3.63) is 18.3 Å². The molecule has 2 N–H and O–H groups in total. The summed E-state index contributed by atoms with van der Waals surface area (Å²) < 4.78 is 20.7. The molecule has 0 aliphatic carbocycles. The van der Waals surface area contributed by atoms with Crippen LogP contribution in [0.2, 0.25) is 0 Å². The Balaban J connectivity index is 3.28. The number of nitrogen functional groups attached to an aromatic ring is 1. The van der Waals surface area contributed by atoms with Gasteiger partial charge in [0.15, 0.2) is 10.7 Å². The minimum Gasteiger partial charge on any atom is -0.383 e. The first-order valence-corrected chi connectivity index (χ1v) is 3.74. The molecule has 0 aromatic carbocycles. The topological polar surface area (TPSA) is 73.0 Å². The molecule has 0 bridgehead atoms. The van der Waals surface area contributed by atoms with Gasteiger partial charge >= 0.3 is 0 Å². The van der Waals surface area contributed by atoms with Gasteiger partial charge in [-0.05, 0) is 12.1 Å². The zero-order chi connectivity index (χ0) is 7.56. The number of rotatable bonds is 1. The lowest BCUT2D eigenvalue weighted by Crippen LogP contribution is -1.94. The maximum absolute atomic E-state index is 10.3. The van der Waals surface area contributed by atoms with E-state index < -0.39 is 10.7 Å². The van der Waals surface area contributed by atoms with Gasteiger partial charge in [0.25, 0.3) is 0 Å². The summed E-state index contributed by atoms with van der Waals surface area (Å²) in [4.78, 5) is 3.68. The van der Waals surface area contributed by atoms with Gasteiger partial charge < -0.3 is 5.73 Å². The fraction of sp³-hybridized carbons (Fsp3) is 0. The molecule has 10 heavy (non-hydrogen) atoms. The SMILES string of the molecule is Nc1ncccc1[SH](=O)=O. The van der Waals surface area contributed by atoms with E-state index in [-0.39, 0.29) is 10.7 Å². The van der Waals surface area contributed by atoms with Crippen molar-refractivity contribution in [3.8, 4) is 0 Å². The third-order valence-electron chi connectivity index (χ3n) is 1.01. The lowest BCUT2D eigenvalue weighted by molar-refractivity contribution is 0.614. The maximum Gasteiger partial charge on any atom is 0.171 e. The van der Waals surface area contributed by atoms with Crippen molar-refractivity contribution >= 4 is 16.5 Å². The van der Waals surface area contributed by atoms with Crippen LogP contribution >= 0.6 is 0 Å². The van der Waals surface area contributed by atoms with Crippen LogP contribution in [0.4, 0.5) is 5.82 Å². The number of nitrogens with zero attached hydrogens (tertiary/aromatic N) is 1. The van der Waals surface area contributed by atoms with Gasteiger partial charge in [-0.1, -0.05) is 0 Å². The van der Waals surface area contributed by atoms with Crippen molar-refractivity contribution in [1.82, 2.24) is 4.98 Å². The quantitative estimate of drug-likeness (QED) is 0.547. The molecule has 0 radical (unpaired) electrons. The Labute approximate surface area is 59.6 Å². The molecule has 0 aliphatic rings. The first-order chi connectivity index (χ1) is 4.72. The van der Waals surface area contributed by atoms with Crippen molar-refractivity contribution in [3.63, 3.8) is 0 Å². The van der Waals surface area contributed by atoms with E-state index >= 15 is 0 Å². The monoisotopic (exact) mass is 158 g/mol. The summed E-state index contributed by atoms with van der Waals surface area (Å²) in [6.07, 6.45) is 1.44. The highest BCUT2D eigenvalue weighted by Gasteiger charge is 1.98. The second kappa shape index (κ2) is 2.66. The van der Waals surface area contributed by atoms with Gasteiger partial charge in [-0.2, -0.15) is 0 Å². The zero-order valence-corrected chi connectivity index (χ0v) is 5.91. The van der Waals surface area contributed by atoms with Crippen molar-refractivity contribution in [2.75, 3.05) is 5.73 Å². The summed E-state index contributed by atoms with van der Waals surface area (Å²) in [6, 6.07) is 2.94. The Bertz CT molecular complexity index is 300. The lowest BCUT2D eigenvalue weighted by Gasteiger charge is -1.92. The van der Waals surface area contributed by atoms with Crippen LogP contribution in [0, 0.1) is 0 Å². The fourth-order valence-corrected chi connectivity index (χ4v) is 1.02. The molecule has 1 aromatic rings. The molecule has 1 aromatic heterocycles. The van der Waals surface area contributed by atoms with Crippen LogP contribution in [-0.2, 0) is 10.7 Å². The molecule has 0 aliphatic heterocycles. The molecule has 0 atom stereocenters. The van der Waals surface area contributed by atoms with Crippen molar-refractivity contribution in [2.45, 2.75) is 4.90 Å². The Morgan fingerprint density at radius 1 is 1.50 bits per heavy atom. The minimum atomic E-state index is -2.60. The van der Waals surface area contributed by atoms with Gasteiger partial charge in [-0.3, -0.25) is 0 Å². The zero-order valence-electron chi connectivity index (χ0n) is 5.02.